The van der Waals surface area contributed by atoms with Gasteiger partial charge in [-0.25, -0.2) is 0 Å². The number of carbonyl (C=O) groups is 2. The third kappa shape index (κ3) is 3.86. The molecule has 0 bridgehead atoms. The van der Waals surface area contributed by atoms with E-state index in [0.717, 1.165) is 5.56 Å². The summed E-state index contributed by atoms with van der Waals surface area (Å²) in [6, 6.07) is 10.9. The minimum absolute atomic E-state index is 0.0834. The highest BCUT2D eigenvalue weighted by Crippen LogP contribution is 2.32. The van der Waals surface area contributed by atoms with Crippen molar-refractivity contribution in [2.24, 2.45) is 7.05 Å². The van der Waals surface area contributed by atoms with Gasteiger partial charge in [-0.3, -0.25) is 14.6 Å². The summed E-state index contributed by atoms with van der Waals surface area (Å²) in [4.78, 5) is 30.9. The first kappa shape index (κ1) is 19.1. The van der Waals surface area contributed by atoms with Crippen molar-refractivity contribution < 1.29 is 9.59 Å². The number of aromatic nitrogens is 4. The average Bonchev–Trinajstić information content (AvgIpc) is 3.02. The first-order chi connectivity index (χ1) is 14.0. The number of nitrogens with one attached hydrogen (secondary N) is 1. The number of amides is 2. The fraction of sp³-hybridized carbons (Fsp3) is 0.250. The topological polar surface area (TPSA) is 93.0 Å². The maximum absolute atomic E-state index is 13.1. The van der Waals surface area contributed by atoms with E-state index in [1.807, 2.05) is 54.9 Å². The molecule has 1 aliphatic rings. The molecule has 0 radical (unpaired) electrons. The number of fused-ring (bicyclic) bond motifs is 1. The first-order valence-electron chi connectivity index (χ1n) is 9.18. The minimum atomic E-state index is -0.237. The maximum Gasteiger partial charge on any atom is 0.237 e. The highest BCUT2D eigenvalue weighted by atomic mass is 32.2. The van der Waals surface area contributed by atoms with Crippen LogP contribution in [0.25, 0.3) is 11.4 Å². The van der Waals surface area contributed by atoms with Crippen LogP contribution >= 0.6 is 11.8 Å². The van der Waals surface area contributed by atoms with Gasteiger partial charge in [0.1, 0.15) is 0 Å². The molecule has 3 heterocycles. The molecule has 0 spiro atoms. The second kappa shape index (κ2) is 8.04. The molecule has 0 saturated heterocycles. The molecular formula is C20H20N6O2S. The molecule has 1 aromatic carbocycles. The Balaban J connectivity index is 1.53. The molecular weight excluding hydrogens is 388 g/mol. The zero-order valence-electron chi connectivity index (χ0n) is 16.1. The number of nitrogens with zero attached hydrogens (tertiary/aromatic N) is 5. The molecule has 1 atom stereocenters. The number of hydrogen-bond acceptors (Lipinski definition) is 6. The molecule has 0 fully saturated rings. The second-order valence-corrected chi connectivity index (χ2v) is 7.71. The van der Waals surface area contributed by atoms with Crippen LogP contribution in [0.15, 0.2) is 53.9 Å². The molecule has 148 valence electrons. The maximum atomic E-state index is 13.1. The third-order valence-corrected chi connectivity index (χ3v) is 5.73. The van der Waals surface area contributed by atoms with E-state index in [4.69, 9.17) is 0 Å². The summed E-state index contributed by atoms with van der Waals surface area (Å²) < 4.78 is 1.86. The first-order valence-corrected chi connectivity index (χ1v) is 10.2. The van der Waals surface area contributed by atoms with Crippen LogP contribution in [0.4, 0.5) is 11.4 Å². The van der Waals surface area contributed by atoms with Crippen LogP contribution in [0.2, 0.25) is 0 Å². The molecule has 0 aliphatic carbocycles. The van der Waals surface area contributed by atoms with Crippen molar-refractivity contribution in [3.63, 3.8) is 0 Å². The zero-order valence-corrected chi connectivity index (χ0v) is 16.9. The second-order valence-electron chi connectivity index (χ2n) is 6.77. The van der Waals surface area contributed by atoms with Crippen LogP contribution < -0.4 is 10.2 Å². The van der Waals surface area contributed by atoms with Crippen molar-refractivity contribution in [1.82, 2.24) is 19.7 Å². The molecule has 8 nitrogen and oxygen atoms in total. The largest absolute Gasteiger partial charge is 0.324 e. The Morgan fingerprint density at radius 3 is 2.76 bits per heavy atom. The molecule has 3 aromatic rings. The fourth-order valence-corrected chi connectivity index (χ4v) is 4.13. The summed E-state index contributed by atoms with van der Waals surface area (Å²) in [5, 5.41) is 12.0. The Morgan fingerprint density at radius 1 is 1.21 bits per heavy atom. The van der Waals surface area contributed by atoms with Crippen LogP contribution in [0.3, 0.4) is 0 Å². The van der Waals surface area contributed by atoms with Gasteiger partial charge in [0.05, 0.1) is 17.1 Å². The number of para-hydroxylation sites is 2. The molecule has 0 saturated carbocycles. The van der Waals surface area contributed by atoms with E-state index >= 15 is 0 Å². The van der Waals surface area contributed by atoms with E-state index in [1.165, 1.54) is 11.8 Å². The van der Waals surface area contributed by atoms with Crippen LogP contribution in [0.5, 0.6) is 0 Å². The van der Waals surface area contributed by atoms with Crippen LogP contribution in [-0.4, -0.2) is 43.4 Å². The van der Waals surface area contributed by atoms with Gasteiger partial charge in [-0.05, 0) is 31.2 Å². The average molecular weight is 408 g/mol. The van der Waals surface area contributed by atoms with E-state index in [2.05, 4.69) is 20.5 Å². The van der Waals surface area contributed by atoms with Crippen molar-refractivity contribution in [3.05, 3.63) is 48.8 Å². The van der Waals surface area contributed by atoms with E-state index < -0.39 is 0 Å². The SMILES string of the molecule is C[C@H]1CC(=O)Nc2ccccc2N1C(=O)CSc1nnc(-c2ccncc2)n1C. The summed E-state index contributed by atoms with van der Waals surface area (Å²) in [5.74, 6) is 0.726. The molecule has 0 unspecified atom stereocenters. The Hall–Kier alpha value is -3.20. The van der Waals surface area contributed by atoms with Gasteiger partial charge in [0, 0.05) is 37.5 Å². The lowest BCUT2D eigenvalue weighted by Crippen LogP contribution is -2.40. The van der Waals surface area contributed by atoms with E-state index in [1.54, 1.807) is 17.3 Å². The molecule has 2 amide bonds. The van der Waals surface area contributed by atoms with Gasteiger partial charge < -0.3 is 14.8 Å². The van der Waals surface area contributed by atoms with Gasteiger partial charge in [0.25, 0.3) is 0 Å². The van der Waals surface area contributed by atoms with E-state index in [-0.39, 0.29) is 30.0 Å². The highest BCUT2D eigenvalue weighted by Gasteiger charge is 2.29. The van der Waals surface area contributed by atoms with Crippen molar-refractivity contribution in [2.45, 2.75) is 24.5 Å². The zero-order chi connectivity index (χ0) is 20.4. The van der Waals surface area contributed by atoms with E-state index in [0.29, 0.717) is 22.4 Å². The lowest BCUT2D eigenvalue weighted by atomic mass is 10.2. The molecule has 2 aromatic heterocycles. The van der Waals surface area contributed by atoms with Gasteiger partial charge in [0.15, 0.2) is 11.0 Å². The van der Waals surface area contributed by atoms with Gasteiger partial charge in [-0.2, -0.15) is 0 Å². The number of hydrogen-bond donors (Lipinski definition) is 1. The lowest BCUT2D eigenvalue weighted by molar-refractivity contribution is -0.117. The van der Waals surface area contributed by atoms with Crippen molar-refractivity contribution in [3.8, 4) is 11.4 Å². The number of rotatable bonds is 4. The van der Waals surface area contributed by atoms with Gasteiger partial charge in [0.2, 0.25) is 11.8 Å². The predicted octanol–water partition coefficient (Wildman–Crippen LogP) is 2.73. The summed E-state index contributed by atoms with van der Waals surface area (Å²) in [6.45, 7) is 1.88. The molecule has 1 aliphatic heterocycles. The highest BCUT2D eigenvalue weighted by molar-refractivity contribution is 7.99. The lowest BCUT2D eigenvalue weighted by Gasteiger charge is -2.27. The number of pyridine rings is 1. The minimum Gasteiger partial charge on any atom is -0.324 e. The van der Waals surface area contributed by atoms with Crippen LogP contribution in [0, 0.1) is 0 Å². The summed E-state index contributed by atoms with van der Waals surface area (Å²) in [5.41, 5.74) is 2.28. The van der Waals surface area contributed by atoms with Crippen LogP contribution in [-0.2, 0) is 16.6 Å². The van der Waals surface area contributed by atoms with E-state index in [9.17, 15) is 9.59 Å². The molecule has 1 N–H and O–H groups in total. The smallest absolute Gasteiger partial charge is 0.237 e. The van der Waals surface area contributed by atoms with Crippen LogP contribution in [0.1, 0.15) is 13.3 Å². The standard InChI is InChI=1S/C20H20N6O2S/c1-13-11-17(27)22-15-5-3-4-6-16(15)26(13)18(28)12-29-20-24-23-19(25(20)2)14-7-9-21-10-8-14/h3-10,13H,11-12H2,1-2H3,(H,22,27)/t13-/m0/s1. The third-order valence-electron chi connectivity index (χ3n) is 4.73. The summed E-state index contributed by atoms with van der Waals surface area (Å²) >= 11 is 1.33. The molecule has 4 rings (SSSR count). The Morgan fingerprint density at radius 2 is 1.97 bits per heavy atom. The van der Waals surface area contributed by atoms with Crippen molar-refractivity contribution in [1.29, 1.82) is 0 Å². The Labute approximate surface area is 172 Å². The number of thioether (sulfide) groups is 1. The number of anilines is 2. The van der Waals surface area contributed by atoms with Crippen molar-refractivity contribution in [2.75, 3.05) is 16.0 Å². The normalized spacial score (nSPS) is 16.1. The molecule has 9 heteroatoms. The summed E-state index contributed by atoms with van der Waals surface area (Å²) in [6.07, 6.45) is 3.66. The number of benzene rings is 1. The Kier molecular flexibility index (Phi) is 5.30. The fourth-order valence-electron chi connectivity index (χ4n) is 3.36. The Bertz CT molecular complexity index is 1050. The van der Waals surface area contributed by atoms with Gasteiger partial charge in [-0.1, -0.05) is 23.9 Å². The predicted molar refractivity (Wildman–Crippen MR) is 112 cm³/mol. The number of carbonyl (C=O) groups excluding carboxylic acids is 2. The quantitative estimate of drug-likeness (QED) is 0.667. The van der Waals surface area contributed by atoms with Gasteiger partial charge >= 0.3 is 0 Å². The molecule has 29 heavy (non-hydrogen) atoms. The van der Waals surface area contributed by atoms with Crippen molar-refractivity contribution >= 4 is 35.0 Å². The summed E-state index contributed by atoms with van der Waals surface area (Å²) in [7, 11) is 1.87. The monoisotopic (exact) mass is 408 g/mol. The van der Waals surface area contributed by atoms with Gasteiger partial charge in [-0.15, -0.1) is 10.2 Å².